The molecule has 1 rings (SSSR count). The average Bonchev–Trinajstić information content (AvgIpc) is 2.27. The molecular formula is C8H13NO3S. The summed E-state index contributed by atoms with van der Waals surface area (Å²) in [5.41, 5.74) is 2.00. The smallest absolute Gasteiger partial charge is 0.266 e. The summed E-state index contributed by atoms with van der Waals surface area (Å²) in [6, 6.07) is 3.83. The van der Waals surface area contributed by atoms with Gasteiger partial charge in [-0.3, -0.25) is 4.55 Å². The van der Waals surface area contributed by atoms with E-state index in [1.54, 1.807) is 0 Å². The van der Waals surface area contributed by atoms with Gasteiger partial charge in [0.15, 0.2) is 0 Å². The lowest BCUT2D eigenvalue weighted by molar-refractivity contribution is 0.477. The first kappa shape index (κ1) is 10.3. The van der Waals surface area contributed by atoms with Gasteiger partial charge >= 0.3 is 0 Å². The minimum Gasteiger partial charge on any atom is -0.348 e. The fraction of sp³-hybridized carbons (Fsp3) is 0.500. The molecule has 4 nitrogen and oxygen atoms in total. The van der Waals surface area contributed by atoms with Gasteiger partial charge < -0.3 is 4.57 Å². The van der Waals surface area contributed by atoms with Gasteiger partial charge in [-0.2, -0.15) is 8.42 Å². The maximum atomic E-state index is 10.5. The highest BCUT2D eigenvalue weighted by atomic mass is 32.2. The van der Waals surface area contributed by atoms with Crippen LogP contribution < -0.4 is 0 Å². The fourth-order valence-corrected chi connectivity index (χ4v) is 1.67. The Morgan fingerprint density at radius 3 is 2.15 bits per heavy atom. The van der Waals surface area contributed by atoms with Gasteiger partial charge in [-0.25, -0.2) is 0 Å². The lowest BCUT2D eigenvalue weighted by Crippen LogP contribution is -2.13. The van der Waals surface area contributed by atoms with Crippen molar-refractivity contribution in [3.05, 3.63) is 23.5 Å². The Bertz CT molecular complexity index is 372. The second-order valence-corrected chi connectivity index (χ2v) is 4.63. The summed E-state index contributed by atoms with van der Waals surface area (Å²) in [5, 5.41) is 0. The normalized spacial score (nSPS) is 11.9. The minimum atomic E-state index is -3.85. The highest BCUT2D eigenvalue weighted by molar-refractivity contribution is 7.85. The van der Waals surface area contributed by atoms with Gasteiger partial charge in [-0.05, 0) is 26.0 Å². The zero-order valence-electron chi connectivity index (χ0n) is 7.69. The molecule has 0 radical (unpaired) electrons. The first-order valence-corrected chi connectivity index (χ1v) is 5.59. The zero-order chi connectivity index (χ0) is 10.1. The van der Waals surface area contributed by atoms with Crippen molar-refractivity contribution in [2.45, 2.75) is 20.4 Å². The van der Waals surface area contributed by atoms with Gasteiger partial charge in [-0.1, -0.05) is 0 Å². The zero-order valence-corrected chi connectivity index (χ0v) is 8.50. The predicted octanol–water partition coefficient (Wildman–Crippen LogP) is 0.993. The predicted molar refractivity (Wildman–Crippen MR) is 50.3 cm³/mol. The van der Waals surface area contributed by atoms with Crippen LogP contribution in [-0.2, 0) is 16.7 Å². The van der Waals surface area contributed by atoms with E-state index in [1.165, 1.54) is 0 Å². The third kappa shape index (κ3) is 2.86. The molecule has 0 fully saturated rings. The summed E-state index contributed by atoms with van der Waals surface area (Å²) in [6.45, 7) is 4.11. The summed E-state index contributed by atoms with van der Waals surface area (Å²) >= 11 is 0. The van der Waals surface area contributed by atoms with Crippen molar-refractivity contribution >= 4 is 10.1 Å². The summed E-state index contributed by atoms with van der Waals surface area (Å²) in [7, 11) is -3.85. The number of hydrogen-bond donors (Lipinski definition) is 1. The van der Waals surface area contributed by atoms with Crippen LogP contribution in [0.2, 0.25) is 0 Å². The molecule has 0 atom stereocenters. The van der Waals surface area contributed by atoms with Crippen molar-refractivity contribution in [2.24, 2.45) is 0 Å². The molecular weight excluding hydrogens is 190 g/mol. The van der Waals surface area contributed by atoms with Crippen LogP contribution >= 0.6 is 0 Å². The van der Waals surface area contributed by atoms with Crippen LogP contribution in [-0.4, -0.2) is 23.3 Å². The second kappa shape index (κ2) is 3.51. The third-order valence-corrected chi connectivity index (χ3v) is 2.69. The number of hydrogen-bond acceptors (Lipinski definition) is 2. The Labute approximate surface area is 77.9 Å². The first-order valence-electron chi connectivity index (χ1n) is 3.98. The minimum absolute atomic E-state index is 0.233. The van der Waals surface area contributed by atoms with Crippen LogP contribution in [0, 0.1) is 13.8 Å². The third-order valence-electron chi connectivity index (χ3n) is 1.99. The maximum Gasteiger partial charge on any atom is 0.266 e. The Morgan fingerprint density at radius 2 is 1.77 bits per heavy atom. The van der Waals surface area contributed by atoms with Crippen LogP contribution in [0.1, 0.15) is 11.4 Å². The Kier molecular flexibility index (Phi) is 2.77. The first-order chi connectivity index (χ1) is 5.90. The van der Waals surface area contributed by atoms with E-state index < -0.39 is 10.1 Å². The maximum absolute atomic E-state index is 10.5. The van der Waals surface area contributed by atoms with Crippen LogP contribution in [0.3, 0.4) is 0 Å². The summed E-state index contributed by atoms with van der Waals surface area (Å²) < 4.78 is 31.4. The molecule has 0 aromatic carbocycles. The highest BCUT2D eigenvalue weighted by Crippen LogP contribution is 2.06. The summed E-state index contributed by atoms with van der Waals surface area (Å²) in [4.78, 5) is 0. The van der Waals surface area contributed by atoms with Gasteiger partial charge in [0.1, 0.15) is 0 Å². The van der Waals surface area contributed by atoms with Crippen molar-refractivity contribution in [1.29, 1.82) is 0 Å². The van der Waals surface area contributed by atoms with E-state index in [1.807, 2.05) is 30.5 Å². The van der Waals surface area contributed by atoms with Crippen LogP contribution in [0.15, 0.2) is 12.1 Å². The molecule has 0 saturated carbocycles. The molecule has 0 aliphatic heterocycles. The standard InChI is InChI=1S/C8H13NO3S/c1-7-3-4-8(2)9(7)5-6-13(10,11)12/h3-4H,5-6H2,1-2H3,(H,10,11,12). The van der Waals surface area contributed by atoms with Crippen molar-refractivity contribution < 1.29 is 13.0 Å². The van der Waals surface area contributed by atoms with Gasteiger partial charge in [0, 0.05) is 17.9 Å². The molecule has 0 unspecified atom stereocenters. The van der Waals surface area contributed by atoms with E-state index in [-0.39, 0.29) is 5.75 Å². The second-order valence-electron chi connectivity index (χ2n) is 3.05. The monoisotopic (exact) mass is 203 g/mol. The van der Waals surface area contributed by atoms with E-state index in [4.69, 9.17) is 4.55 Å². The Hall–Kier alpha value is -0.810. The molecule has 0 saturated heterocycles. The fourth-order valence-electron chi connectivity index (χ4n) is 1.26. The SMILES string of the molecule is Cc1ccc(C)n1CCS(=O)(=O)O. The van der Waals surface area contributed by atoms with E-state index in [0.29, 0.717) is 6.54 Å². The van der Waals surface area contributed by atoms with E-state index in [9.17, 15) is 8.42 Å². The largest absolute Gasteiger partial charge is 0.348 e. The van der Waals surface area contributed by atoms with E-state index in [2.05, 4.69) is 0 Å². The molecule has 5 heteroatoms. The van der Waals surface area contributed by atoms with E-state index in [0.717, 1.165) is 11.4 Å². The number of nitrogens with zero attached hydrogens (tertiary/aromatic N) is 1. The molecule has 0 aliphatic carbocycles. The lowest BCUT2D eigenvalue weighted by Gasteiger charge is -2.06. The molecule has 1 aromatic heterocycles. The molecule has 0 aliphatic rings. The Morgan fingerprint density at radius 1 is 1.31 bits per heavy atom. The molecule has 0 amide bonds. The molecule has 1 N–H and O–H groups in total. The topological polar surface area (TPSA) is 59.3 Å². The van der Waals surface area contributed by atoms with Gasteiger partial charge in [-0.15, -0.1) is 0 Å². The molecule has 0 bridgehead atoms. The quantitative estimate of drug-likeness (QED) is 0.745. The molecule has 13 heavy (non-hydrogen) atoms. The van der Waals surface area contributed by atoms with Gasteiger partial charge in [0.05, 0.1) is 5.75 Å². The molecule has 0 spiro atoms. The average molecular weight is 203 g/mol. The Balaban J connectivity index is 2.75. The molecule has 74 valence electrons. The molecule has 1 aromatic rings. The van der Waals surface area contributed by atoms with Crippen molar-refractivity contribution in [2.75, 3.05) is 5.75 Å². The van der Waals surface area contributed by atoms with Gasteiger partial charge in [0.2, 0.25) is 0 Å². The van der Waals surface area contributed by atoms with Crippen molar-refractivity contribution in [3.63, 3.8) is 0 Å². The summed E-state index contributed by atoms with van der Waals surface area (Å²) in [6.07, 6.45) is 0. The van der Waals surface area contributed by atoms with Crippen LogP contribution in [0.5, 0.6) is 0 Å². The summed E-state index contributed by atoms with van der Waals surface area (Å²) in [5.74, 6) is -0.233. The number of aromatic nitrogens is 1. The molecule has 1 heterocycles. The van der Waals surface area contributed by atoms with E-state index >= 15 is 0 Å². The van der Waals surface area contributed by atoms with Crippen molar-refractivity contribution in [1.82, 2.24) is 4.57 Å². The van der Waals surface area contributed by atoms with Gasteiger partial charge in [0.25, 0.3) is 10.1 Å². The number of aryl methyl sites for hydroxylation is 2. The van der Waals surface area contributed by atoms with Crippen molar-refractivity contribution in [3.8, 4) is 0 Å². The van der Waals surface area contributed by atoms with Crippen LogP contribution in [0.25, 0.3) is 0 Å². The van der Waals surface area contributed by atoms with Crippen LogP contribution in [0.4, 0.5) is 0 Å². The number of rotatable bonds is 3. The highest BCUT2D eigenvalue weighted by Gasteiger charge is 2.07. The lowest BCUT2D eigenvalue weighted by atomic mass is 10.5.